The van der Waals surface area contributed by atoms with Crippen LogP contribution in [-0.4, -0.2) is 69.0 Å². The predicted molar refractivity (Wildman–Crippen MR) is 105 cm³/mol. The van der Waals surface area contributed by atoms with Crippen LogP contribution in [0.15, 0.2) is 35.3 Å². The Kier molecular flexibility index (Phi) is 9.62. The van der Waals surface area contributed by atoms with Gasteiger partial charge in [0.2, 0.25) is 5.91 Å². The van der Waals surface area contributed by atoms with Gasteiger partial charge in [-0.3, -0.25) is 14.7 Å². The van der Waals surface area contributed by atoms with Crippen LogP contribution in [0.1, 0.15) is 25.3 Å². The molecule has 1 unspecified atom stereocenters. The molecule has 6 nitrogen and oxygen atoms in total. The maximum absolute atomic E-state index is 11.6. The van der Waals surface area contributed by atoms with Crippen molar-refractivity contribution < 1.29 is 4.79 Å². The normalized spacial score (nSPS) is 12.8. The van der Waals surface area contributed by atoms with Crippen molar-refractivity contribution in [1.29, 1.82) is 0 Å². The predicted octanol–water partition coefficient (Wildman–Crippen LogP) is 1.54. The number of guanidine groups is 1. The van der Waals surface area contributed by atoms with Crippen molar-refractivity contribution in [3.05, 3.63) is 35.9 Å². The summed E-state index contributed by atoms with van der Waals surface area (Å²) in [4.78, 5) is 19.7. The van der Waals surface area contributed by atoms with Gasteiger partial charge in [-0.1, -0.05) is 30.3 Å². The maximum Gasteiger partial charge on any atom is 0.223 e. The number of carbonyl (C=O) groups is 1. The molecule has 6 heteroatoms. The van der Waals surface area contributed by atoms with Crippen LogP contribution in [-0.2, 0) is 11.3 Å². The van der Waals surface area contributed by atoms with Crippen LogP contribution in [0.5, 0.6) is 0 Å². The lowest BCUT2D eigenvalue weighted by molar-refractivity contribution is -0.128. The standard InChI is InChI=1S/C19H33N5O/c1-16(24(5)15-17-9-7-6-8-10-17)11-13-21-19(20-2)22-14-12-18(25)23(3)4/h6-10,16H,11-15H2,1-5H3,(H2,20,21,22). The Hall–Kier alpha value is -2.08. The molecular formula is C19H33N5O. The molecule has 0 aliphatic heterocycles. The van der Waals surface area contributed by atoms with Crippen LogP contribution in [0.3, 0.4) is 0 Å². The molecule has 1 aromatic rings. The minimum absolute atomic E-state index is 0.110. The molecule has 1 atom stereocenters. The van der Waals surface area contributed by atoms with Crippen LogP contribution in [0.2, 0.25) is 0 Å². The summed E-state index contributed by atoms with van der Waals surface area (Å²) in [6, 6.07) is 11.0. The Bertz CT molecular complexity index is 530. The second-order valence-corrected chi connectivity index (χ2v) is 6.50. The molecule has 0 spiro atoms. The number of hydrogen-bond donors (Lipinski definition) is 2. The first-order valence-electron chi connectivity index (χ1n) is 8.83. The number of carbonyl (C=O) groups excluding carboxylic acids is 1. The van der Waals surface area contributed by atoms with Crippen molar-refractivity contribution in [2.75, 3.05) is 41.3 Å². The highest BCUT2D eigenvalue weighted by Gasteiger charge is 2.10. The number of nitrogens with zero attached hydrogens (tertiary/aromatic N) is 3. The first-order valence-corrected chi connectivity index (χ1v) is 8.83. The quantitative estimate of drug-likeness (QED) is 0.525. The number of hydrogen-bond acceptors (Lipinski definition) is 3. The number of aliphatic imine (C=N–C) groups is 1. The Balaban J connectivity index is 2.25. The van der Waals surface area contributed by atoms with E-state index in [0.717, 1.165) is 25.5 Å². The topological polar surface area (TPSA) is 60.0 Å². The summed E-state index contributed by atoms with van der Waals surface area (Å²) in [5.41, 5.74) is 1.33. The van der Waals surface area contributed by atoms with E-state index in [-0.39, 0.29) is 5.91 Å². The van der Waals surface area contributed by atoms with Gasteiger partial charge in [-0.05, 0) is 26.0 Å². The molecule has 0 radical (unpaired) electrons. The van der Waals surface area contributed by atoms with Crippen molar-refractivity contribution in [1.82, 2.24) is 20.4 Å². The Morgan fingerprint density at radius 1 is 1.12 bits per heavy atom. The highest BCUT2D eigenvalue weighted by Crippen LogP contribution is 2.07. The Morgan fingerprint density at radius 3 is 2.36 bits per heavy atom. The summed E-state index contributed by atoms with van der Waals surface area (Å²) in [6.45, 7) is 4.60. The van der Waals surface area contributed by atoms with E-state index in [1.165, 1.54) is 5.56 Å². The van der Waals surface area contributed by atoms with E-state index in [0.29, 0.717) is 19.0 Å². The molecule has 0 bridgehead atoms. The molecule has 0 saturated carbocycles. The molecule has 140 valence electrons. The molecule has 25 heavy (non-hydrogen) atoms. The third-order valence-corrected chi connectivity index (χ3v) is 4.24. The van der Waals surface area contributed by atoms with E-state index in [4.69, 9.17) is 0 Å². The fraction of sp³-hybridized carbons (Fsp3) is 0.579. The molecule has 0 aromatic heterocycles. The van der Waals surface area contributed by atoms with Crippen molar-refractivity contribution in [3.63, 3.8) is 0 Å². The summed E-state index contributed by atoms with van der Waals surface area (Å²) in [5.74, 6) is 0.851. The number of rotatable bonds is 9. The van der Waals surface area contributed by atoms with E-state index < -0.39 is 0 Å². The third-order valence-electron chi connectivity index (χ3n) is 4.24. The van der Waals surface area contributed by atoms with Crippen molar-refractivity contribution in [3.8, 4) is 0 Å². The van der Waals surface area contributed by atoms with Gasteiger partial charge in [-0.2, -0.15) is 0 Å². The zero-order valence-corrected chi connectivity index (χ0v) is 16.2. The van der Waals surface area contributed by atoms with E-state index in [1.54, 1.807) is 26.0 Å². The van der Waals surface area contributed by atoms with Gasteiger partial charge in [0.15, 0.2) is 5.96 Å². The number of amides is 1. The smallest absolute Gasteiger partial charge is 0.223 e. The maximum atomic E-state index is 11.6. The lowest BCUT2D eigenvalue weighted by atomic mass is 10.1. The minimum Gasteiger partial charge on any atom is -0.356 e. The van der Waals surface area contributed by atoms with Gasteiger partial charge in [-0.15, -0.1) is 0 Å². The fourth-order valence-corrected chi connectivity index (χ4v) is 2.38. The lowest BCUT2D eigenvalue weighted by Gasteiger charge is -2.25. The monoisotopic (exact) mass is 347 g/mol. The molecule has 1 aromatic carbocycles. The summed E-state index contributed by atoms with van der Waals surface area (Å²) < 4.78 is 0. The molecule has 1 amide bonds. The number of nitrogens with one attached hydrogen (secondary N) is 2. The molecule has 0 heterocycles. The summed E-state index contributed by atoms with van der Waals surface area (Å²) in [5, 5.41) is 6.49. The van der Waals surface area contributed by atoms with Crippen LogP contribution in [0.4, 0.5) is 0 Å². The van der Waals surface area contributed by atoms with Crippen molar-refractivity contribution in [2.45, 2.75) is 32.4 Å². The van der Waals surface area contributed by atoms with Gasteiger partial charge in [0.05, 0.1) is 0 Å². The fourth-order valence-electron chi connectivity index (χ4n) is 2.38. The van der Waals surface area contributed by atoms with Gasteiger partial charge in [0.1, 0.15) is 0 Å². The van der Waals surface area contributed by atoms with E-state index in [2.05, 4.69) is 58.8 Å². The van der Waals surface area contributed by atoms with Gasteiger partial charge < -0.3 is 15.5 Å². The molecular weight excluding hydrogens is 314 g/mol. The lowest BCUT2D eigenvalue weighted by Crippen LogP contribution is -2.41. The molecule has 0 aliphatic rings. The Morgan fingerprint density at radius 2 is 1.76 bits per heavy atom. The van der Waals surface area contributed by atoms with Crippen LogP contribution in [0.25, 0.3) is 0 Å². The molecule has 2 N–H and O–H groups in total. The second-order valence-electron chi connectivity index (χ2n) is 6.50. The van der Waals surface area contributed by atoms with E-state index in [9.17, 15) is 4.79 Å². The SMILES string of the molecule is CN=C(NCCC(=O)N(C)C)NCCC(C)N(C)Cc1ccccc1. The van der Waals surface area contributed by atoms with Crippen molar-refractivity contribution >= 4 is 11.9 Å². The first-order chi connectivity index (χ1) is 11.9. The summed E-state index contributed by atoms with van der Waals surface area (Å²) in [6.07, 6.45) is 1.48. The largest absolute Gasteiger partial charge is 0.356 e. The van der Waals surface area contributed by atoms with Crippen LogP contribution < -0.4 is 10.6 Å². The van der Waals surface area contributed by atoms with E-state index >= 15 is 0 Å². The Labute approximate surface area is 152 Å². The number of benzene rings is 1. The minimum atomic E-state index is 0.110. The van der Waals surface area contributed by atoms with Crippen LogP contribution >= 0.6 is 0 Å². The summed E-state index contributed by atoms with van der Waals surface area (Å²) in [7, 11) is 7.43. The molecule has 0 aliphatic carbocycles. The zero-order chi connectivity index (χ0) is 18.7. The second kappa shape index (κ2) is 11.5. The highest BCUT2D eigenvalue weighted by atomic mass is 16.2. The zero-order valence-electron chi connectivity index (χ0n) is 16.2. The van der Waals surface area contributed by atoms with Crippen molar-refractivity contribution in [2.24, 2.45) is 4.99 Å². The summed E-state index contributed by atoms with van der Waals surface area (Å²) >= 11 is 0. The highest BCUT2D eigenvalue weighted by molar-refractivity contribution is 5.81. The average Bonchev–Trinajstić information content (AvgIpc) is 2.60. The molecule has 0 saturated heterocycles. The third kappa shape index (κ3) is 8.54. The average molecular weight is 348 g/mol. The van der Waals surface area contributed by atoms with Crippen LogP contribution in [0, 0.1) is 0 Å². The van der Waals surface area contributed by atoms with Gasteiger partial charge in [-0.25, -0.2) is 0 Å². The molecule has 0 fully saturated rings. The van der Waals surface area contributed by atoms with Gasteiger partial charge in [0.25, 0.3) is 0 Å². The first kappa shape index (κ1) is 21.0. The van der Waals surface area contributed by atoms with Gasteiger partial charge in [0, 0.05) is 53.2 Å². The van der Waals surface area contributed by atoms with E-state index in [1.807, 2.05) is 6.07 Å². The molecule has 1 rings (SSSR count). The van der Waals surface area contributed by atoms with Gasteiger partial charge >= 0.3 is 0 Å².